The Labute approximate surface area is 115 Å². The van der Waals surface area contributed by atoms with Gasteiger partial charge in [-0.15, -0.1) is 23.4 Å². The van der Waals surface area contributed by atoms with Gasteiger partial charge < -0.3 is 4.98 Å². The molecular formula is C13H13ClN2OS. The van der Waals surface area contributed by atoms with Crippen molar-refractivity contribution < 1.29 is 0 Å². The van der Waals surface area contributed by atoms with E-state index in [1.807, 2.05) is 24.3 Å². The summed E-state index contributed by atoms with van der Waals surface area (Å²) >= 11 is 7.40. The molecule has 94 valence electrons. The first-order valence-electron chi connectivity index (χ1n) is 5.62. The number of nitrogens with one attached hydrogen (secondary N) is 1. The third-order valence-corrected chi connectivity index (χ3v) is 3.64. The number of aromatic amines is 1. The van der Waals surface area contributed by atoms with Crippen molar-refractivity contribution in [3.63, 3.8) is 0 Å². The number of alkyl halides is 1. The Hall–Kier alpha value is -1.26. The molecule has 2 aromatic rings. The van der Waals surface area contributed by atoms with Crippen molar-refractivity contribution in [3.05, 3.63) is 46.4 Å². The topological polar surface area (TPSA) is 45.8 Å². The van der Waals surface area contributed by atoms with Gasteiger partial charge in [0.15, 0.2) is 0 Å². The fraction of sp³-hybridized carbons (Fsp3) is 0.231. The second kappa shape index (κ2) is 6.07. The summed E-state index contributed by atoms with van der Waals surface area (Å²) in [6.45, 7) is 2.11. The maximum Gasteiger partial charge on any atom is 0.255 e. The Balaban J connectivity index is 2.31. The molecule has 0 saturated heterocycles. The van der Waals surface area contributed by atoms with Crippen LogP contribution in [0.5, 0.6) is 0 Å². The zero-order valence-corrected chi connectivity index (χ0v) is 11.5. The summed E-state index contributed by atoms with van der Waals surface area (Å²) in [6.07, 6.45) is 1.52. The third kappa shape index (κ3) is 2.94. The monoisotopic (exact) mass is 280 g/mol. The van der Waals surface area contributed by atoms with Crippen LogP contribution in [0.1, 0.15) is 12.5 Å². The van der Waals surface area contributed by atoms with Crippen LogP contribution in [0.3, 0.4) is 0 Å². The van der Waals surface area contributed by atoms with E-state index >= 15 is 0 Å². The molecule has 18 heavy (non-hydrogen) atoms. The van der Waals surface area contributed by atoms with Crippen molar-refractivity contribution in [2.45, 2.75) is 17.7 Å². The summed E-state index contributed by atoms with van der Waals surface area (Å²) in [5, 5.41) is 0. The van der Waals surface area contributed by atoms with Crippen LogP contribution in [0.25, 0.3) is 11.4 Å². The normalized spacial score (nSPS) is 10.6. The van der Waals surface area contributed by atoms with Gasteiger partial charge in [-0.25, -0.2) is 4.98 Å². The lowest BCUT2D eigenvalue weighted by atomic mass is 10.2. The molecule has 0 aliphatic carbocycles. The summed E-state index contributed by atoms with van der Waals surface area (Å²) in [5.74, 6) is 1.79. The van der Waals surface area contributed by atoms with E-state index in [-0.39, 0.29) is 11.4 Å². The molecule has 1 aromatic heterocycles. The van der Waals surface area contributed by atoms with E-state index in [2.05, 4.69) is 16.9 Å². The number of halogens is 1. The van der Waals surface area contributed by atoms with E-state index in [1.54, 1.807) is 11.8 Å². The Morgan fingerprint density at radius 3 is 2.61 bits per heavy atom. The van der Waals surface area contributed by atoms with Crippen molar-refractivity contribution in [1.82, 2.24) is 9.97 Å². The van der Waals surface area contributed by atoms with Gasteiger partial charge in [0.2, 0.25) is 0 Å². The van der Waals surface area contributed by atoms with Crippen LogP contribution >= 0.6 is 23.4 Å². The number of hydrogen-bond donors (Lipinski definition) is 1. The van der Waals surface area contributed by atoms with Crippen LogP contribution in [0.15, 0.2) is 40.2 Å². The molecule has 0 radical (unpaired) electrons. The number of benzene rings is 1. The van der Waals surface area contributed by atoms with Gasteiger partial charge in [-0.1, -0.05) is 19.1 Å². The standard InChI is InChI=1S/C13H13ClN2OS/c1-2-18-11-5-3-9(4-6-11)12-15-8-10(7-14)13(17)16-12/h3-6,8H,2,7H2,1H3,(H,15,16,17). The second-order valence-corrected chi connectivity index (χ2v) is 5.28. The highest BCUT2D eigenvalue weighted by Crippen LogP contribution is 2.21. The van der Waals surface area contributed by atoms with E-state index in [4.69, 9.17) is 11.6 Å². The fourth-order valence-corrected chi connectivity index (χ4v) is 2.39. The number of H-pyrrole nitrogens is 1. The van der Waals surface area contributed by atoms with Crippen molar-refractivity contribution in [2.75, 3.05) is 5.75 Å². The predicted octanol–water partition coefficient (Wildman–Crippen LogP) is 3.29. The highest BCUT2D eigenvalue weighted by atomic mass is 35.5. The SMILES string of the molecule is CCSc1ccc(-c2ncc(CCl)c(=O)[nH]2)cc1. The number of hydrogen-bond acceptors (Lipinski definition) is 3. The average Bonchev–Trinajstić information content (AvgIpc) is 2.40. The smallest absolute Gasteiger partial charge is 0.255 e. The Morgan fingerprint density at radius 2 is 2.06 bits per heavy atom. The highest BCUT2D eigenvalue weighted by Gasteiger charge is 2.04. The molecule has 0 saturated carbocycles. The third-order valence-electron chi connectivity index (χ3n) is 2.46. The van der Waals surface area contributed by atoms with Gasteiger partial charge in [0.05, 0.1) is 11.4 Å². The second-order valence-electron chi connectivity index (χ2n) is 3.68. The number of aromatic nitrogens is 2. The average molecular weight is 281 g/mol. The molecule has 1 aromatic carbocycles. The molecule has 0 unspecified atom stereocenters. The summed E-state index contributed by atoms with van der Waals surface area (Å²) in [6, 6.07) is 7.96. The van der Waals surface area contributed by atoms with Crippen molar-refractivity contribution in [2.24, 2.45) is 0 Å². The summed E-state index contributed by atoms with van der Waals surface area (Å²) in [5.41, 5.74) is 1.20. The summed E-state index contributed by atoms with van der Waals surface area (Å²) in [4.78, 5) is 19.8. The molecule has 1 heterocycles. The molecular weight excluding hydrogens is 268 g/mol. The van der Waals surface area contributed by atoms with Crippen LogP contribution in [-0.2, 0) is 5.88 Å². The molecule has 0 amide bonds. The Kier molecular flexibility index (Phi) is 4.44. The summed E-state index contributed by atoms with van der Waals surface area (Å²) < 4.78 is 0. The minimum absolute atomic E-state index is 0.175. The van der Waals surface area contributed by atoms with Gasteiger partial charge in [0.1, 0.15) is 5.82 Å². The van der Waals surface area contributed by atoms with Crippen LogP contribution in [-0.4, -0.2) is 15.7 Å². The molecule has 1 N–H and O–H groups in total. The molecule has 0 atom stereocenters. The zero-order chi connectivity index (χ0) is 13.0. The van der Waals surface area contributed by atoms with Gasteiger partial charge >= 0.3 is 0 Å². The van der Waals surface area contributed by atoms with E-state index in [0.717, 1.165) is 11.3 Å². The van der Waals surface area contributed by atoms with Crippen LogP contribution in [0, 0.1) is 0 Å². The fourth-order valence-electron chi connectivity index (χ4n) is 1.54. The largest absolute Gasteiger partial charge is 0.306 e. The molecule has 0 fully saturated rings. The number of nitrogens with zero attached hydrogens (tertiary/aromatic N) is 1. The van der Waals surface area contributed by atoms with Gasteiger partial charge in [0, 0.05) is 16.7 Å². The minimum atomic E-state index is -0.179. The Bertz CT molecular complexity index is 580. The minimum Gasteiger partial charge on any atom is -0.306 e. The van der Waals surface area contributed by atoms with E-state index in [1.165, 1.54) is 11.1 Å². The molecule has 3 nitrogen and oxygen atoms in total. The maximum atomic E-state index is 11.6. The lowest BCUT2D eigenvalue weighted by Crippen LogP contribution is -2.13. The van der Waals surface area contributed by atoms with E-state index < -0.39 is 0 Å². The Morgan fingerprint density at radius 1 is 1.33 bits per heavy atom. The molecule has 0 spiro atoms. The number of rotatable bonds is 4. The van der Waals surface area contributed by atoms with Gasteiger partial charge in [-0.2, -0.15) is 0 Å². The molecule has 5 heteroatoms. The summed E-state index contributed by atoms with van der Waals surface area (Å²) in [7, 11) is 0. The van der Waals surface area contributed by atoms with Gasteiger partial charge in [0.25, 0.3) is 5.56 Å². The predicted molar refractivity (Wildman–Crippen MR) is 76.2 cm³/mol. The van der Waals surface area contributed by atoms with Gasteiger partial charge in [-0.3, -0.25) is 4.79 Å². The van der Waals surface area contributed by atoms with E-state index in [9.17, 15) is 4.79 Å². The first kappa shape index (κ1) is 13.2. The first-order valence-corrected chi connectivity index (χ1v) is 7.14. The van der Waals surface area contributed by atoms with Crippen LogP contribution < -0.4 is 5.56 Å². The van der Waals surface area contributed by atoms with Crippen molar-refractivity contribution in [1.29, 1.82) is 0 Å². The molecule has 0 bridgehead atoms. The number of thioether (sulfide) groups is 1. The van der Waals surface area contributed by atoms with E-state index in [0.29, 0.717) is 11.4 Å². The molecule has 2 rings (SSSR count). The maximum absolute atomic E-state index is 11.6. The molecule has 0 aliphatic heterocycles. The molecule has 0 aliphatic rings. The lowest BCUT2D eigenvalue weighted by Gasteiger charge is -2.03. The van der Waals surface area contributed by atoms with Crippen LogP contribution in [0.4, 0.5) is 0 Å². The van der Waals surface area contributed by atoms with Crippen molar-refractivity contribution >= 4 is 23.4 Å². The van der Waals surface area contributed by atoms with Crippen molar-refractivity contribution in [3.8, 4) is 11.4 Å². The zero-order valence-electron chi connectivity index (χ0n) is 9.94. The van der Waals surface area contributed by atoms with Crippen LogP contribution in [0.2, 0.25) is 0 Å². The highest BCUT2D eigenvalue weighted by molar-refractivity contribution is 7.99. The van der Waals surface area contributed by atoms with Gasteiger partial charge in [-0.05, 0) is 17.9 Å². The lowest BCUT2D eigenvalue weighted by molar-refractivity contribution is 1.07. The quantitative estimate of drug-likeness (QED) is 0.690. The first-order chi connectivity index (χ1) is 8.74.